The number of thioether (sulfide) groups is 1. The van der Waals surface area contributed by atoms with Gasteiger partial charge in [0.2, 0.25) is 5.91 Å². The third kappa shape index (κ3) is 5.08. The SMILES string of the molecule is O=C(CSc1nc(=O)n(C[C@H]2CCCO2)c2c1CCC2)NCCc1ccccc1. The summed E-state index contributed by atoms with van der Waals surface area (Å²) in [6, 6.07) is 10.1. The number of ether oxygens (including phenoxy) is 1. The van der Waals surface area contributed by atoms with Gasteiger partial charge in [0, 0.05) is 24.4 Å². The number of benzene rings is 1. The van der Waals surface area contributed by atoms with Crippen LogP contribution >= 0.6 is 11.8 Å². The average molecular weight is 414 g/mol. The normalized spacial score (nSPS) is 18.0. The third-order valence-electron chi connectivity index (χ3n) is 5.53. The van der Waals surface area contributed by atoms with Crippen LogP contribution in [0.3, 0.4) is 0 Å². The lowest BCUT2D eigenvalue weighted by Gasteiger charge is -2.17. The number of fused-ring (bicyclic) bond motifs is 1. The van der Waals surface area contributed by atoms with E-state index in [1.54, 1.807) is 0 Å². The minimum atomic E-state index is -0.215. The minimum Gasteiger partial charge on any atom is -0.376 e. The topological polar surface area (TPSA) is 73.2 Å². The number of hydrogen-bond donors (Lipinski definition) is 1. The van der Waals surface area contributed by atoms with Crippen molar-refractivity contribution in [3.05, 3.63) is 57.6 Å². The van der Waals surface area contributed by atoms with Gasteiger partial charge in [-0.05, 0) is 44.1 Å². The Kier molecular flexibility index (Phi) is 6.67. The molecule has 0 unspecified atom stereocenters. The Hall–Kier alpha value is -2.12. The summed E-state index contributed by atoms with van der Waals surface area (Å²) in [6.07, 6.45) is 5.84. The molecule has 29 heavy (non-hydrogen) atoms. The van der Waals surface area contributed by atoms with E-state index in [2.05, 4.69) is 22.4 Å². The first kappa shape index (κ1) is 20.2. The molecule has 4 rings (SSSR count). The Morgan fingerprint density at radius 2 is 2.10 bits per heavy atom. The fourth-order valence-corrected chi connectivity index (χ4v) is 4.97. The van der Waals surface area contributed by atoms with Gasteiger partial charge in [0.25, 0.3) is 0 Å². The number of carbonyl (C=O) groups excluding carboxylic acids is 1. The van der Waals surface area contributed by atoms with Gasteiger partial charge in [0.05, 0.1) is 18.4 Å². The van der Waals surface area contributed by atoms with Gasteiger partial charge in [0.1, 0.15) is 5.03 Å². The van der Waals surface area contributed by atoms with Crippen LogP contribution in [0, 0.1) is 0 Å². The molecule has 0 spiro atoms. The summed E-state index contributed by atoms with van der Waals surface area (Å²) in [6.45, 7) is 1.99. The van der Waals surface area contributed by atoms with E-state index in [4.69, 9.17) is 4.74 Å². The Balaban J connectivity index is 1.35. The number of nitrogens with one attached hydrogen (secondary N) is 1. The van der Waals surface area contributed by atoms with Gasteiger partial charge in [-0.3, -0.25) is 9.36 Å². The lowest BCUT2D eigenvalue weighted by molar-refractivity contribution is -0.118. The van der Waals surface area contributed by atoms with E-state index >= 15 is 0 Å². The van der Waals surface area contributed by atoms with Crippen molar-refractivity contribution in [3.63, 3.8) is 0 Å². The van der Waals surface area contributed by atoms with E-state index in [0.717, 1.165) is 61.4 Å². The van der Waals surface area contributed by atoms with E-state index in [0.29, 0.717) is 13.1 Å². The zero-order chi connectivity index (χ0) is 20.1. The second kappa shape index (κ2) is 9.59. The number of amides is 1. The van der Waals surface area contributed by atoms with Gasteiger partial charge in [0.15, 0.2) is 0 Å². The number of hydrogen-bond acceptors (Lipinski definition) is 5. The van der Waals surface area contributed by atoms with Crippen molar-refractivity contribution in [2.24, 2.45) is 0 Å². The first-order chi connectivity index (χ1) is 14.2. The molecule has 1 aromatic carbocycles. The Morgan fingerprint density at radius 3 is 2.90 bits per heavy atom. The summed E-state index contributed by atoms with van der Waals surface area (Å²) in [4.78, 5) is 29.2. The molecule has 1 saturated heterocycles. The van der Waals surface area contributed by atoms with Gasteiger partial charge >= 0.3 is 5.69 Å². The van der Waals surface area contributed by atoms with E-state index in [9.17, 15) is 9.59 Å². The lowest BCUT2D eigenvalue weighted by Crippen LogP contribution is -2.32. The molecule has 7 heteroatoms. The highest BCUT2D eigenvalue weighted by Gasteiger charge is 2.25. The molecule has 6 nitrogen and oxygen atoms in total. The van der Waals surface area contributed by atoms with E-state index in [1.165, 1.54) is 17.3 Å². The molecule has 1 fully saturated rings. The van der Waals surface area contributed by atoms with Crippen molar-refractivity contribution >= 4 is 17.7 Å². The predicted molar refractivity (Wildman–Crippen MR) is 113 cm³/mol. The maximum absolute atomic E-state index is 12.6. The van der Waals surface area contributed by atoms with Crippen LogP contribution in [0.2, 0.25) is 0 Å². The predicted octanol–water partition coefficient (Wildman–Crippen LogP) is 2.36. The molecule has 2 aliphatic rings. The minimum absolute atomic E-state index is 0.0250. The molecule has 0 radical (unpaired) electrons. The second-order valence-corrected chi connectivity index (χ2v) is 8.56. The maximum atomic E-state index is 12.6. The van der Waals surface area contributed by atoms with Crippen molar-refractivity contribution in [3.8, 4) is 0 Å². The van der Waals surface area contributed by atoms with Crippen LogP contribution < -0.4 is 11.0 Å². The standard InChI is InChI=1S/C22H27N3O3S/c26-20(23-12-11-16-6-2-1-3-7-16)15-29-21-18-9-4-10-19(18)25(22(27)24-21)14-17-8-5-13-28-17/h1-3,6-7,17H,4-5,8-15H2,(H,23,26)/t17-/m1/s1. The first-order valence-electron chi connectivity index (χ1n) is 10.4. The molecule has 1 atom stereocenters. The van der Waals surface area contributed by atoms with Gasteiger partial charge in [-0.2, -0.15) is 4.98 Å². The Morgan fingerprint density at radius 1 is 1.24 bits per heavy atom. The van der Waals surface area contributed by atoms with E-state index in [1.807, 2.05) is 22.8 Å². The Labute approximate surface area is 175 Å². The molecule has 154 valence electrons. The highest BCUT2D eigenvalue weighted by Crippen LogP contribution is 2.29. The fraction of sp³-hybridized carbons (Fsp3) is 0.500. The highest BCUT2D eigenvalue weighted by atomic mass is 32.2. The van der Waals surface area contributed by atoms with Crippen LogP contribution in [0.5, 0.6) is 0 Å². The third-order valence-corrected chi connectivity index (χ3v) is 6.55. The number of rotatable bonds is 8. The van der Waals surface area contributed by atoms with Crippen molar-refractivity contribution in [1.29, 1.82) is 0 Å². The molecular formula is C22H27N3O3S. The molecule has 1 amide bonds. The molecule has 1 N–H and O–H groups in total. The van der Waals surface area contributed by atoms with Crippen LogP contribution in [0.15, 0.2) is 40.2 Å². The zero-order valence-corrected chi connectivity index (χ0v) is 17.4. The zero-order valence-electron chi connectivity index (χ0n) is 16.6. The maximum Gasteiger partial charge on any atom is 0.348 e. The van der Waals surface area contributed by atoms with Crippen molar-refractivity contribution in [2.75, 3.05) is 18.9 Å². The molecule has 0 bridgehead atoms. The Bertz CT molecular complexity index is 908. The molecule has 1 aliphatic carbocycles. The van der Waals surface area contributed by atoms with Crippen LogP contribution in [0.1, 0.15) is 36.1 Å². The molecule has 0 saturated carbocycles. The summed E-state index contributed by atoms with van der Waals surface area (Å²) in [5, 5.41) is 3.68. The average Bonchev–Trinajstić information content (AvgIpc) is 3.41. The van der Waals surface area contributed by atoms with Gasteiger partial charge in [-0.1, -0.05) is 42.1 Å². The summed E-state index contributed by atoms with van der Waals surface area (Å²) < 4.78 is 7.51. The second-order valence-electron chi connectivity index (χ2n) is 7.60. The van der Waals surface area contributed by atoms with Gasteiger partial charge in [-0.15, -0.1) is 0 Å². The molecule has 2 heterocycles. The number of nitrogens with zero attached hydrogens (tertiary/aromatic N) is 2. The summed E-state index contributed by atoms with van der Waals surface area (Å²) in [5.41, 5.74) is 3.22. The molecular weight excluding hydrogens is 386 g/mol. The van der Waals surface area contributed by atoms with Crippen LogP contribution in [-0.2, 0) is 35.3 Å². The highest BCUT2D eigenvalue weighted by molar-refractivity contribution is 7.99. The lowest BCUT2D eigenvalue weighted by atomic mass is 10.1. The van der Waals surface area contributed by atoms with E-state index < -0.39 is 0 Å². The van der Waals surface area contributed by atoms with Crippen molar-refractivity contribution in [2.45, 2.75) is 56.2 Å². The van der Waals surface area contributed by atoms with Crippen molar-refractivity contribution in [1.82, 2.24) is 14.9 Å². The van der Waals surface area contributed by atoms with Crippen LogP contribution in [-0.4, -0.2) is 40.5 Å². The molecule has 1 aromatic heterocycles. The number of aromatic nitrogens is 2. The van der Waals surface area contributed by atoms with Crippen LogP contribution in [0.4, 0.5) is 0 Å². The van der Waals surface area contributed by atoms with Gasteiger partial charge in [-0.25, -0.2) is 4.79 Å². The first-order valence-corrected chi connectivity index (χ1v) is 11.4. The largest absolute Gasteiger partial charge is 0.376 e. The molecule has 2 aromatic rings. The van der Waals surface area contributed by atoms with Gasteiger partial charge < -0.3 is 10.1 Å². The summed E-state index contributed by atoms with van der Waals surface area (Å²) in [5.74, 6) is 0.256. The van der Waals surface area contributed by atoms with Crippen LogP contribution in [0.25, 0.3) is 0 Å². The summed E-state index contributed by atoms with van der Waals surface area (Å²) in [7, 11) is 0. The number of carbonyl (C=O) groups is 1. The summed E-state index contributed by atoms with van der Waals surface area (Å²) >= 11 is 1.38. The smallest absolute Gasteiger partial charge is 0.348 e. The fourth-order valence-electron chi connectivity index (χ4n) is 4.06. The van der Waals surface area contributed by atoms with Crippen molar-refractivity contribution < 1.29 is 9.53 Å². The van der Waals surface area contributed by atoms with E-state index in [-0.39, 0.29) is 23.5 Å². The monoisotopic (exact) mass is 413 g/mol. The quantitative estimate of drug-likeness (QED) is 0.531. The molecule has 1 aliphatic heterocycles.